The Balaban J connectivity index is 1.72. The number of nitrogens with one attached hydrogen (secondary N) is 1. The van der Waals surface area contributed by atoms with Crippen LogP contribution >= 0.6 is 11.8 Å². The summed E-state index contributed by atoms with van der Waals surface area (Å²) < 4.78 is 12.7. The van der Waals surface area contributed by atoms with Crippen molar-refractivity contribution >= 4 is 23.6 Å². The van der Waals surface area contributed by atoms with Crippen LogP contribution in [-0.2, 0) is 9.59 Å². The Morgan fingerprint density at radius 2 is 2.00 bits per heavy atom. The zero-order valence-electron chi connectivity index (χ0n) is 11.5. The van der Waals surface area contributed by atoms with Gasteiger partial charge in [-0.2, -0.15) is 0 Å². The highest BCUT2D eigenvalue weighted by molar-refractivity contribution is 8.00. The summed E-state index contributed by atoms with van der Waals surface area (Å²) >= 11 is 1.33. The molecule has 21 heavy (non-hydrogen) atoms. The van der Waals surface area contributed by atoms with Gasteiger partial charge in [0.15, 0.2) is 0 Å². The van der Waals surface area contributed by atoms with Crippen LogP contribution in [0.3, 0.4) is 0 Å². The highest BCUT2D eigenvalue weighted by Gasteiger charge is 2.32. The Hall–Kier alpha value is -1.56. The van der Waals surface area contributed by atoms with Crippen LogP contribution in [0.5, 0.6) is 0 Å². The van der Waals surface area contributed by atoms with Crippen molar-refractivity contribution in [2.45, 2.75) is 24.2 Å². The Labute approximate surface area is 127 Å². The first-order valence-electron chi connectivity index (χ1n) is 6.94. The number of hydrogen-bond donors (Lipinski definition) is 2. The number of thioether (sulfide) groups is 1. The highest BCUT2D eigenvalue weighted by atomic mass is 32.2. The molecule has 1 aromatic carbocycles. The summed E-state index contributed by atoms with van der Waals surface area (Å²) in [7, 11) is 0. The standard InChI is InChI=1S/C15H18FNO3S/c16-11-4-6-12(7-5-11)21-9-14(18)17-8-10-2-1-3-13(10)15(19)20/h4-7,10,13H,1-3,8-9H2,(H,17,18)(H,19,20). The summed E-state index contributed by atoms with van der Waals surface area (Å²) in [6.45, 7) is 0.416. The number of carbonyl (C=O) groups excluding carboxylic acids is 1. The van der Waals surface area contributed by atoms with Gasteiger partial charge in [0.05, 0.1) is 11.7 Å². The maximum atomic E-state index is 12.7. The molecule has 0 radical (unpaired) electrons. The summed E-state index contributed by atoms with van der Waals surface area (Å²) in [6, 6.07) is 5.97. The molecule has 6 heteroatoms. The van der Waals surface area contributed by atoms with E-state index in [2.05, 4.69) is 5.32 Å². The van der Waals surface area contributed by atoms with E-state index in [0.717, 1.165) is 17.7 Å². The molecule has 0 heterocycles. The summed E-state index contributed by atoms with van der Waals surface area (Å²) in [4.78, 5) is 23.6. The largest absolute Gasteiger partial charge is 0.481 e. The fourth-order valence-corrected chi connectivity index (χ4v) is 3.31. The molecule has 4 nitrogen and oxygen atoms in total. The number of benzene rings is 1. The maximum absolute atomic E-state index is 12.7. The molecule has 0 bridgehead atoms. The molecule has 1 saturated carbocycles. The first-order chi connectivity index (χ1) is 10.1. The fourth-order valence-electron chi connectivity index (χ4n) is 2.58. The fraction of sp³-hybridized carbons (Fsp3) is 0.467. The number of carbonyl (C=O) groups is 2. The lowest BCUT2D eigenvalue weighted by molar-refractivity contribution is -0.143. The normalized spacial score (nSPS) is 21.2. The number of rotatable bonds is 6. The molecule has 1 aliphatic carbocycles. The van der Waals surface area contributed by atoms with Gasteiger partial charge in [-0.3, -0.25) is 9.59 Å². The van der Waals surface area contributed by atoms with E-state index in [-0.39, 0.29) is 29.3 Å². The van der Waals surface area contributed by atoms with Crippen molar-refractivity contribution in [3.05, 3.63) is 30.1 Å². The Morgan fingerprint density at radius 1 is 1.29 bits per heavy atom. The molecule has 2 unspecified atom stereocenters. The van der Waals surface area contributed by atoms with Crippen molar-refractivity contribution in [2.75, 3.05) is 12.3 Å². The molecular weight excluding hydrogens is 293 g/mol. The third-order valence-corrected chi connectivity index (χ3v) is 4.73. The summed E-state index contributed by atoms with van der Waals surface area (Å²) in [5, 5.41) is 11.9. The number of halogens is 1. The number of hydrogen-bond acceptors (Lipinski definition) is 3. The quantitative estimate of drug-likeness (QED) is 0.792. The third-order valence-electron chi connectivity index (χ3n) is 3.72. The highest BCUT2D eigenvalue weighted by Crippen LogP contribution is 2.31. The smallest absolute Gasteiger partial charge is 0.306 e. The van der Waals surface area contributed by atoms with Crippen LogP contribution in [-0.4, -0.2) is 29.3 Å². The topological polar surface area (TPSA) is 66.4 Å². The second-order valence-corrected chi connectivity index (χ2v) is 6.23. The molecule has 1 amide bonds. The Bertz CT molecular complexity index is 506. The van der Waals surface area contributed by atoms with Gasteiger partial charge in [-0.1, -0.05) is 6.42 Å². The van der Waals surface area contributed by atoms with Crippen LogP contribution < -0.4 is 5.32 Å². The van der Waals surface area contributed by atoms with E-state index in [1.165, 1.54) is 23.9 Å². The summed E-state index contributed by atoms with van der Waals surface area (Å²) in [6.07, 6.45) is 2.45. The molecule has 0 aliphatic heterocycles. The van der Waals surface area contributed by atoms with Crippen molar-refractivity contribution in [1.29, 1.82) is 0 Å². The van der Waals surface area contributed by atoms with E-state index in [4.69, 9.17) is 5.11 Å². The zero-order valence-corrected chi connectivity index (χ0v) is 12.4. The van der Waals surface area contributed by atoms with Gasteiger partial charge < -0.3 is 10.4 Å². The van der Waals surface area contributed by atoms with Crippen LogP contribution in [0.1, 0.15) is 19.3 Å². The van der Waals surface area contributed by atoms with Gasteiger partial charge >= 0.3 is 5.97 Å². The van der Waals surface area contributed by atoms with E-state index in [1.54, 1.807) is 12.1 Å². The lowest BCUT2D eigenvalue weighted by atomic mass is 9.96. The minimum atomic E-state index is -0.771. The van der Waals surface area contributed by atoms with E-state index >= 15 is 0 Å². The van der Waals surface area contributed by atoms with Crippen molar-refractivity contribution in [3.8, 4) is 0 Å². The molecule has 2 N–H and O–H groups in total. The first-order valence-corrected chi connectivity index (χ1v) is 7.92. The number of aliphatic carboxylic acids is 1. The molecule has 2 atom stereocenters. The molecular formula is C15H18FNO3S. The monoisotopic (exact) mass is 311 g/mol. The lowest BCUT2D eigenvalue weighted by Crippen LogP contribution is -2.33. The minimum absolute atomic E-state index is 0.0299. The van der Waals surface area contributed by atoms with E-state index in [0.29, 0.717) is 13.0 Å². The minimum Gasteiger partial charge on any atom is -0.481 e. The van der Waals surface area contributed by atoms with Crippen molar-refractivity contribution in [1.82, 2.24) is 5.32 Å². The maximum Gasteiger partial charge on any atom is 0.306 e. The number of carboxylic acids is 1. The molecule has 114 valence electrons. The lowest BCUT2D eigenvalue weighted by Gasteiger charge is -2.16. The molecule has 2 rings (SSSR count). The molecule has 1 fully saturated rings. The average Bonchev–Trinajstić information content (AvgIpc) is 2.93. The van der Waals surface area contributed by atoms with Crippen LogP contribution in [0.4, 0.5) is 4.39 Å². The van der Waals surface area contributed by atoms with E-state index in [9.17, 15) is 14.0 Å². The van der Waals surface area contributed by atoms with Crippen LogP contribution in [0.2, 0.25) is 0 Å². The second-order valence-electron chi connectivity index (χ2n) is 5.18. The van der Waals surface area contributed by atoms with Crippen LogP contribution in [0.25, 0.3) is 0 Å². The van der Waals surface area contributed by atoms with Crippen LogP contribution in [0.15, 0.2) is 29.2 Å². The van der Waals surface area contributed by atoms with Gasteiger partial charge in [-0.15, -0.1) is 11.8 Å². The van der Waals surface area contributed by atoms with E-state index < -0.39 is 5.97 Å². The number of amides is 1. The molecule has 0 spiro atoms. The molecule has 0 saturated heterocycles. The number of carboxylic acid groups (broad SMARTS) is 1. The van der Waals surface area contributed by atoms with Crippen LogP contribution in [0, 0.1) is 17.7 Å². The van der Waals surface area contributed by atoms with Gasteiger partial charge in [0.1, 0.15) is 5.82 Å². The molecule has 1 aromatic rings. The van der Waals surface area contributed by atoms with Gasteiger partial charge in [-0.25, -0.2) is 4.39 Å². The predicted molar refractivity (Wildman–Crippen MR) is 78.6 cm³/mol. The first kappa shape index (κ1) is 15.8. The Kier molecular flexibility index (Phi) is 5.61. The zero-order chi connectivity index (χ0) is 15.2. The molecule has 0 aromatic heterocycles. The second kappa shape index (κ2) is 7.45. The van der Waals surface area contributed by atoms with Gasteiger partial charge in [0.2, 0.25) is 5.91 Å². The van der Waals surface area contributed by atoms with Gasteiger partial charge in [0.25, 0.3) is 0 Å². The van der Waals surface area contributed by atoms with Gasteiger partial charge in [-0.05, 0) is 43.0 Å². The van der Waals surface area contributed by atoms with Crippen molar-refractivity contribution in [3.63, 3.8) is 0 Å². The Morgan fingerprint density at radius 3 is 2.67 bits per heavy atom. The summed E-state index contributed by atoms with van der Waals surface area (Å²) in [5.41, 5.74) is 0. The van der Waals surface area contributed by atoms with E-state index in [1.807, 2.05) is 0 Å². The van der Waals surface area contributed by atoms with Gasteiger partial charge in [0, 0.05) is 11.4 Å². The van der Waals surface area contributed by atoms with Crippen molar-refractivity contribution < 1.29 is 19.1 Å². The summed E-state index contributed by atoms with van der Waals surface area (Å²) in [5.74, 6) is -1.26. The third kappa shape index (κ3) is 4.74. The average molecular weight is 311 g/mol. The SMILES string of the molecule is O=C(CSc1ccc(F)cc1)NCC1CCCC1C(=O)O. The van der Waals surface area contributed by atoms with Crippen molar-refractivity contribution in [2.24, 2.45) is 11.8 Å². The predicted octanol–water partition coefficient (Wildman–Crippen LogP) is 2.53. The molecule has 1 aliphatic rings.